The van der Waals surface area contributed by atoms with Crippen molar-refractivity contribution in [1.29, 1.82) is 0 Å². The summed E-state index contributed by atoms with van der Waals surface area (Å²) in [7, 11) is 1.67. The molecule has 2 aromatic rings. The fourth-order valence-corrected chi connectivity index (χ4v) is 3.26. The van der Waals surface area contributed by atoms with E-state index in [2.05, 4.69) is 21.9 Å². The van der Waals surface area contributed by atoms with E-state index in [0.29, 0.717) is 17.9 Å². The van der Waals surface area contributed by atoms with Crippen LogP contribution in [0.5, 0.6) is 5.75 Å². The van der Waals surface area contributed by atoms with Crippen LogP contribution in [0.2, 0.25) is 0 Å². The average molecular weight is 369 g/mol. The number of nitrogen functional groups attached to an aromatic ring is 1. The topological polar surface area (TPSA) is 68.0 Å². The highest BCUT2D eigenvalue weighted by Gasteiger charge is 2.22. The Morgan fingerprint density at radius 1 is 1.04 bits per heavy atom. The molecular weight excluding hydrogens is 342 g/mol. The third-order valence-electron chi connectivity index (χ3n) is 4.74. The van der Waals surface area contributed by atoms with Gasteiger partial charge in [0.15, 0.2) is 0 Å². The summed E-state index contributed by atoms with van der Waals surface area (Å²) in [6.45, 7) is 5.79. The molecule has 0 bridgehead atoms. The Labute approximate surface area is 160 Å². The summed E-state index contributed by atoms with van der Waals surface area (Å²) in [5.41, 5.74) is 9.08. The van der Waals surface area contributed by atoms with Gasteiger partial charge in [-0.25, -0.2) is 4.79 Å². The van der Waals surface area contributed by atoms with E-state index in [4.69, 9.17) is 15.2 Å². The normalized spacial score (nSPS) is 14.1. The number of hydrogen-bond acceptors (Lipinski definition) is 6. The van der Waals surface area contributed by atoms with E-state index in [0.717, 1.165) is 44.0 Å². The van der Waals surface area contributed by atoms with Crippen molar-refractivity contribution in [2.75, 3.05) is 55.4 Å². The monoisotopic (exact) mass is 369 g/mol. The van der Waals surface area contributed by atoms with Crippen molar-refractivity contribution >= 4 is 23.0 Å². The maximum atomic E-state index is 12.4. The Bertz CT molecular complexity index is 769. The number of nitrogens with two attached hydrogens (primary N) is 1. The molecule has 27 heavy (non-hydrogen) atoms. The van der Waals surface area contributed by atoms with Crippen molar-refractivity contribution in [1.82, 2.24) is 0 Å². The van der Waals surface area contributed by atoms with E-state index < -0.39 is 0 Å². The van der Waals surface area contributed by atoms with Gasteiger partial charge in [0.05, 0.1) is 25.0 Å². The molecule has 1 heterocycles. The van der Waals surface area contributed by atoms with E-state index in [9.17, 15) is 4.79 Å². The van der Waals surface area contributed by atoms with Crippen LogP contribution >= 0.6 is 0 Å². The lowest BCUT2D eigenvalue weighted by atomic mass is 10.1. The second kappa shape index (κ2) is 8.66. The van der Waals surface area contributed by atoms with Crippen LogP contribution in [0, 0.1) is 0 Å². The zero-order valence-corrected chi connectivity index (χ0v) is 16.0. The molecule has 0 spiro atoms. The third kappa shape index (κ3) is 4.45. The molecule has 0 aliphatic carbocycles. The van der Waals surface area contributed by atoms with Gasteiger partial charge in [0.25, 0.3) is 0 Å². The Hall–Kier alpha value is -2.89. The molecule has 2 N–H and O–H groups in total. The molecule has 0 atom stereocenters. The van der Waals surface area contributed by atoms with E-state index >= 15 is 0 Å². The van der Waals surface area contributed by atoms with Crippen LogP contribution in [0.4, 0.5) is 17.1 Å². The molecule has 6 heteroatoms. The van der Waals surface area contributed by atoms with Crippen molar-refractivity contribution in [3.05, 3.63) is 48.0 Å². The van der Waals surface area contributed by atoms with Gasteiger partial charge in [0.1, 0.15) is 5.75 Å². The van der Waals surface area contributed by atoms with Crippen LogP contribution in [-0.2, 0) is 4.74 Å². The maximum Gasteiger partial charge on any atom is 0.340 e. The molecule has 3 rings (SSSR count). The Balaban J connectivity index is 1.70. The van der Waals surface area contributed by atoms with Gasteiger partial charge in [-0.2, -0.15) is 0 Å². The van der Waals surface area contributed by atoms with Gasteiger partial charge < -0.3 is 25.0 Å². The zero-order valence-electron chi connectivity index (χ0n) is 16.0. The number of piperazine rings is 1. The molecule has 2 aromatic carbocycles. The molecule has 6 nitrogen and oxygen atoms in total. The summed E-state index contributed by atoms with van der Waals surface area (Å²) in [6.07, 6.45) is 0.796. The molecule has 0 aromatic heterocycles. The lowest BCUT2D eigenvalue weighted by Crippen LogP contribution is -2.47. The van der Waals surface area contributed by atoms with Gasteiger partial charge in [0.2, 0.25) is 0 Å². The molecule has 0 saturated carbocycles. The summed E-state index contributed by atoms with van der Waals surface area (Å²) in [5.74, 6) is 0.547. The van der Waals surface area contributed by atoms with Gasteiger partial charge in [-0.05, 0) is 48.9 Å². The second-order valence-corrected chi connectivity index (χ2v) is 6.58. The average Bonchev–Trinajstić information content (AvgIpc) is 2.72. The minimum atomic E-state index is -0.309. The standard InChI is InChI=1S/C21H27N3O3/c1-3-14-27-21(25)19-15-16(22)4-9-20(19)24-12-10-23(11-13-24)17-5-7-18(26-2)8-6-17/h4-9,15H,3,10-14,22H2,1-2H3. The molecule has 0 radical (unpaired) electrons. The van der Waals surface area contributed by atoms with Crippen molar-refractivity contribution in [3.8, 4) is 5.75 Å². The van der Waals surface area contributed by atoms with Crippen molar-refractivity contribution in [2.24, 2.45) is 0 Å². The number of rotatable bonds is 6. The summed E-state index contributed by atoms with van der Waals surface area (Å²) < 4.78 is 10.6. The van der Waals surface area contributed by atoms with E-state index in [-0.39, 0.29) is 5.97 Å². The number of anilines is 3. The zero-order chi connectivity index (χ0) is 19.2. The molecule has 0 unspecified atom stereocenters. The maximum absolute atomic E-state index is 12.4. The first kappa shape index (κ1) is 18.9. The third-order valence-corrected chi connectivity index (χ3v) is 4.74. The summed E-state index contributed by atoms with van der Waals surface area (Å²) in [5, 5.41) is 0. The van der Waals surface area contributed by atoms with Crippen molar-refractivity contribution < 1.29 is 14.3 Å². The highest BCUT2D eigenvalue weighted by molar-refractivity contribution is 5.97. The Morgan fingerprint density at radius 3 is 2.33 bits per heavy atom. The number of hydrogen-bond donors (Lipinski definition) is 1. The number of methoxy groups -OCH3 is 1. The number of benzene rings is 2. The number of carbonyl (C=O) groups excluding carboxylic acids is 1. The fraction of sp³-hybridized carbons (Fsp3) is 0.381. The molecule has 144 valence electrons. The van der Waals surface area contributed by atoms with Crippen LogP contribution in [0.3, 0.4) is 0 Å². The van der Waals surface area contributed by atoms with Gasteiger partial charge in [0, 0.05) is 37.6 Å². The lowest BCUT2D eigenvalue weighted by Gasteiger charge is -2.38. The quantitative estimate of drug-likeness (QED) is 0.623. The minimum Gasteiger partial charge on any atom is -0.497 e. The first-order chi connectivity index (χ1) is 13.1. The van der Waals surface area contributed by atoms with Gasteiger partial charge in [-0.1, -0.05) is 6.92 Å². The van der Waals surface area contributed by atoms with Gasteiger partial charge >= 0.3 is 5.97 Å². The first-order valence-corrected chi connectivity index (χ1v) is 9.33. The predicted octanol–water partition coefficient (Wildman–Crippen LogP) is 3.17. The Morgan fingerprint density at radius 2 is 1.70 bits per heavy atom. The molecule has 1 aliphatic rings. The Kier molecular flexibility index (Phi) is 6.06. The van der Waals surface area contributed by atoms with Crippen LogP contribution < -0.4 is 20.3 Å². The highest BCUT2D eigenvalue weighted by Crippen LogP contribution is 2.27. The summed E-state index contributed by atoms with van der Waals surface area (Å²) in [6, 6.07) is 13.6. The fourth-order valence-electron chi connectivity index (χ4n) is 3.26. The highest BCUT2D eigenvalue weighted by atomic mass is 16.5. The number of carbonyl (C=O) groups is 1. The molecule has 0 amide bonds. The largest absolute Gasteiger partial charge is 0.497 e. The van der Waals surface area contributed by atoms with E-state index in [1.54, 1.807) is 13.2 Å². The smallest absolute Gasteiger partial charge is 0.340 e. The number of ether oxygens (including phenoxy) is 2. The lowest BCUT2D eigenvalue weighted by molar-refractivity contribution is 0.0506. The van der Waals surface area contributed by atoms with Crippen molar-refractivity contribution in [3.63, 3.8) is 0 Å². The van der Waals surface area contributed by atoms with Crippen LogP contribution in [-0.4, -0.2) is 45.9 Å². The SMILES string of the molecule is CCCOC(=O)c1cc(N)ccc1N1CCN(c2ccc(OC)cc2)CC1. The van der Waals surface area contributed by atoms with Crippen LogP contribution in [0.1, 0.15) is 23.7 Å². The van der Waals surface area contributed by atoms with Crippen LogP contribution in [0.25, 0.3) is 0 Å². The van der Waals surface area contributed by atoms with Gasteiger partial charge in [-0.15, -0.1) is 0 Å². The first-order valence-electron chi connectivity index (χ1n) is 9.33. The van der Waals surface area contributed by atoms with Crippen molar-refractivity contribution in [2.45, 2.75) is 13.3 Å². The van der Waals surface area contributed by atoms with Gasteiger partial charge in [-0.3, -0.25) is 0 Å². The molecule has 1 fully saturated rings. The number of esters is 1. The molecule has 1 aliphatic heterocycles. The van der Waals surface area contributed by atoms with E-state index in [1.807, 2.05) is 31.2 Å². The number of nitrogens with zero attached hydrogens (tertiary/aromatic N) is 2. The minimum absolute atomic E-state index is 0.309. The van der Waals surface area contributed by atoms with E-state index in [1.165, 1.54) is 5.69 Å². The second-order valence-electron chi connectivity index (χ2n) is 6.58. The summed E-state index contributed by atoms with van der Waals surface area (Å²) in [4.78, 5) is 17.0. The molecular formula is C21H27N3O3. The predicted molar refractivity (Wildman–Crippen MR) is 109 cm³/mol. The molecule has 1 saturated heterocycles. The van der Waals surface area contributed by atoms with Crippen LogP contribution in [0.15, 0.2) is 42.5 Å². The summed E-state index contributed by atoms with van der Waals surface area (Å²) >= 11 is 0.